The van der Waals surface area contributed by atoms with Gasteiger partial charge in [-0.05, 0) is 50.6 Å². The number of likely N-dealkylation sites (tertiary alicyclic amines) is 1. The molecule has 1 aliphatic rings. The molecule has 1 fully saturated rings. The van der Waals surface area contributed by atoms with Crippen molar-refractivity contribution in [3.63, 3.8) is 0 Å². The molecule has 0 aromatic heterocycles. The minimum absolute atomic E-state index is 0.127. The summed E-state index contributed by atoms with van der Waals surface area (Å²) < 4.78 is 5.22. The number of ether oxygens (including phenoxy) is 1. The molecule has 21 heavy (non-hydrogen) atoms. The van der Waals surface area contributed by atoms with Crippen molar-refractivity contribution in [3.8, 4) is 5.75 Å². The highest BCUT2D eigenvalue weighted by atomic mass is 35.5. The topological polar surface area (TPSA) is 41.6 Å². The Morgan fingerprint density at radius 3 is 3.05 bits per heavy atom. The van der Waals surface area contributed by atoms with Gasteiger partial charge in [-0.2, -0.15) is 0 Å². The van der Waals surface area contributed by atoms with E-state index in [0.29, 0.717) is 28.9 Å². The fourth-order valence-corrected chi connectivity index (χ4v) is 3.04. The van der Waals surface area contributed by atoms with Gasteiger partial charge in [0, 0.05) is 17.6 Å². The summed E-state index contributed by atoms with van der Waals surface area (Å²) in [6.07, 6.45) is 3.50. The molecule has 1 aliphatic heterocycles. The lowest BCUT2D eigenvalue weighted by Crippen LogP contribution is -2.40. The van der Waals surface area contributed by atoms with E-state index in [1.807, 2.05) is 0 Å². The van der Waals surface area contributed by atoms with Gasteiger partial charge in [-0.1, -0.05) is 18.5 Å². The third-order valence-electron chi connectivity index (χ3n) is 3.91. The molecule has 0 bridgehead atoms. The Labute approximate surface area is 131 Å². The second-order valence-electron chi connectivity index (χ2n) is 5.39. The summed E-state index contributed by atoms with van der Waals surface area (Å²) in [7, 11) is 1.56. The summed E-state index contributed by atoms with van der Waals surface area (Å²) in [6.45, 7) is 5.09. The van der Waals surface area contributed by atoms with Crippen LogP contribution in [0.3, 0.4) is 0 Å². The average Bonchev–Trinajstić information content (AvgIpc) is 2.92. The number of benzene rings is 1. The first-order valence-electron chi connectivity index (χ1n) is 7.51. The lowest BCUT2D eigenvalue weighted by atomic mass is 10.1. The van der Waals surface area contributed by atoms with Crippen LogP contribution in [0.2, 0.25) is 5.02 Å². The van der Waals surface area contributed by atoms with Gasteiger partial charge in [-0.15, -0.1) is 0 Å². The summed E-state index contributed by atoms with van der Waals surface area (Å²) in [4.78, 5) is 14.8. The van der Waals surface area contributed by atoms with Gasteiger partial charge in [0.1, 0.15) is 5.75 Å². The highest BCUT2D eigenvalue weighted by Crippen LogP contribution is 2.23. The van der Waals surface area contributed by atoms with Gasteiger partial charge in [-0.25, -0.2) is 0 Å². The van der Waals surface area contributed by atoms with E-state index in [0.717, 1.165) is 25.9 Å². The first kappa shape index (κ1) is 16.1. The quantitative estimate of drug-likeness (QED) is 0.878. The minimum Gasteiger partial charge on any atom is -0.496 e. The Kier molecular flexibility index (Phi) is 5.88. The van der Waals surface area contributed by atoms with Crippen LogP contribution in [0, 0.1) is 0 Å². The monoisotopic (exact) mass is 310 g/mol. The molecular weight excluding hydrogens is 288 g/mol. The SMILES string of the molecule is CCCN1CCC[C@H]1CNC(=O)c1cc(Cl)ccc1OC. The van der Waals surface area contributed by atoms with Crippen LogP contribution in [-0.4, -0.2) is 43.6 Å². The first-order chi connectivity index (χ1) is 10.2. The maximum atomic E-state index is 12.3. The summed E-state index contributed by atoms with van der Waals surface area (Å²) in [5, 5.41) is 3.55. The van der Waals surface area contributed by atoms with Crippen molar-refractivity contribution in [1.82, 2.24) is 10.2 Å². The van der Waals surface area contributed by atoms with E-state index in [2.05, 4.69) is 17.1 Å². The number of carbonyl (C=O) groups excluding carboxylic acids is 1. The summed E-state index contributed by atoms with van der Waals surface area (Å²) in [5.74, 6) is 0.423. The molecule has 5 heteroatoms. The second-order valence-corrected chi connectivity index (χ2v) is 5.82. The molecule has 0 radical (unpaired) electrons. The Bertz CT molecular complexity index is 493. The number of halogens is 1. The van der Waals surface area contributed by atoms with E-state index in [1.165, 1.54) is 6.42 Å². The van der Waals surface area contributed by atoms with E-state index in [1.54, 1.807) is 25.3 Å². The summed E-state index contributed by atoms with van der Waals surface area (Å²) in [6, 6.07) is 5.53. The normalized spacial score (nSPS) is 18.7. The molecule has 0 spiro atoms. The van der Waals surface area contributed by atoms with Crippen LogP contribution in [-0.2, 0) is 0 Å². The van der Waals surface area contributed by atoms with Crippen molar-refractivity contribution in [2.45, 2.75) is 32.2 Å². The fraction of sp³-hybridized carbons (Fsp3) is 0.562. The molecular formula is C16H23ClN2O2. The fourth-order valence-electron chi connectivity index (χ4n) is 2.87. The Hall–Kier alpha value is -1.26. The van der Waals surface area contributed by atoms with Gasteiger partial charge < -0.3 is 10.1 Å². The highest BCUT2D eigenvalue weighted by Gasteiger charge is 2.24. The van der Waals surface area contributed by atoms with Gasteiger partial charge in [0.15, 0.2) is 0 Å². The number of nitrogens with one attached hydrogen (secondary N) is 1. The standard InChI is InChI=1S/C16H23ClN2O2/c1-3-8-19-9-4-5-13(19)11-18-16(20)14-10-12(17)6-7-15(14)21-2/h6-7,10,13H,3-5,8-9,11H2,1-2H3,(H,18,20)/t13-/m0/s1. The van der Waals surface area contributed by atoms with Crippen LogP contribution in [0.1, 0.15) is 36.5 Å². The van der Waals surface area contributed by atoms with E-state index in [9.17, 15) is 4.79 Å². The Balaban J connectivity index is 1.97. The maximum Gasteiger partial charge on any atom is 0.255 e. The molecule has 1 amide bonds. The Morgan fingerprint density at radius 2 is 2.33 bits per heavy atom. The molecule has 1 heterocycles. The zero-order valence-electron chi connectivity index (χ0n) is 12.7. The third kappa shape index (κ3) is 4.11. The maximum absolute atomic E-state index is 12.3. The van der Waals surface area contributed by atoms with Gasteiger partial charge in [0.2, 0.25) is 0 Å². The predicted molar refractivity (Wildman–Crippen MR) is 85.2 cm³/mol. The van der Waals surface area contributed by atoms with Crippen molar-refractivity contribution in [2.75, 3.05) is 26.7 Å². The Morgan fingerprint density at radius 1 is 1.52 bits per heavy atom. The molecule has 2 rings (SSSR count). The molecule has 1 aromatic rings. The van der Waals surface area contributed by atoms with Crippen LogP contribution in [0.4, 0.5) is 0 Å². The van der Waals surface area contributed by atoms with Crippen LogP contribution >= 0.6 is 11.6 Å². The molecule has 0 aliphatic carbocycles. The van der Waals surface area contributed by atoms with Crippen LogP contribution in [0.5, 0.6) is 5.75 Å². The largest absolute Gasteiger partial charge is 0.496 e. The second kappa shape index (κ2) is 7.66. The molecule has 4 nitrogen and oxygen atoms in total. The van der Waals surface area contributed by atoms with Gasteiger partial charge >= 0.3 is 0 Å². The molecule has 1 saturated heterocycles. The zero-order chi connectivity index (χ0) is 15.2. The van der Waals surface area contributed by atoms with Crippen LogP contribution in [0.25, 0.3) is 0 Å². The molecule has 0 saturated carbocycles. The smallest absolute Gasteiger partial charge is 0.255 e. The highest BCUT2D eigenvalue weighted by molar-refractivity contribution is 6.31. The van der Waals surface area contributed by atoms with Crippen molar-refractivity contribution in [2.24, 2.45) is 0 Å². The van der Waals surface area contributed by atoms with Crippen molar-refractivity contribution >= 4 is 17.5 Å². The van der Waals surface area contributed by atoms with Gasteiger partial charge in [-0.3, -0.25) is 9.69 Å². The number of rotatable bonds is 6. The number of hydrogen-bond donors (Lipinski definition) is 1. The molecule has 1 N–H and O–H groups in total. The lowest BCUT2D eigenvalue weighted by molar-refractivity contribution is 0.0937. The summed E-state index contributed by atoms with van der Waals surface area (Å²) >= 11 is 5.97. The van der Waals surface area contributed by atoms with E-state index >= 15 is 0 Å². The molecule has 116 valence electrons. The third-order valence-corrected chi connectivity index (χ3v) is 4.15. The first-order valence-corrected chi connectivity index (χ1v) is 7.89. The number of hydrogen-bond acceptors (Lipinski definition) is 3. The van der Waals surface area contributed by atoms with Crippen molar-refractivity contribution in [1.29, 1.82) is 0 Å². The van der Waals surface area contributed by atoms with Gasteiger partial charge in [0.25, 0.3) is 5.91 Å². The van der Waals surface area contributed by atoms with Crippen molar-refractivity contribution in [3.05, 3.63) is 28.8 Å². The van der Waals surface area contributed by atoms with Crippen molar-refractivity contribution < 1.29 is 9.53 Å². The van der Waals surface area contributed by atoms with E-state index < -0.39 is 0 Å². The number of methoxy groups -OCH3 is 1. The van der Waals surface area contributed by atoms with Crippen LogP contribution < -0.4 is 10.1 Å². The molecule has 1 atom stereocenters. The average molecular weight is 311 g/mol. The van der Waals surface area contributed by atoms with Crippen LogP contribution in [0.15, 0.2) is 18.2 Å². The van der Waals surface area contributed by atoms with E-state index in [-0.39, 0.29) is 5.91 Å². The number of carbonyl (C=O) groups is 1. The van der Waals surface area contributed by atoms with E-state index in [4.69, 9.17) is 16.3 Å². The number of nitrogens with zero attached hydrogens (tertiary/aromatic N) is 1. The minimum atomic E-state index is -0.127. The molecule has 1 aromatic carbocycles. The number of amides is 1. The predicted octanol–water partition coefficient (Wildman–Crippen LogP) is 2.95. The zero-order valence-corrected chi connectivity index (χ0v) is 13.4. The van der Waals surface area contributed by atoms with Gasteiger partial charge in [0.05, 0.1) is 12.7 Å². The lowest BCUT2D eigenvalue weighted by Gasteiger charge is -2.24. The summed E-state index contributed by atoms with van der Waals surface area (Å²) in [5.41, 5.74) is 0.491. The molecule has 0 unspecified atom stereocenters.